The smallest absolute Gasteiger partial charge is 0.133 e. The standard InChI is InChI=1S/C11H14BrNO2/c12-11-9(7-15-13)2-1-3-10(11)14-6-8-4-5-8/h1-3,8H,4-7,13H2. The average Bonchev–Trinajstić information content (AvgIpc) is 3.03. The summed E-state index contributed by atoms with van der Waals surface area (Å²) < 4.78 is 6.65. The Labute approximate surface area is 97.6 Å². The molecular weight excluding hydrogens is 258 g/mol. The van der Waals surface area contributed by atoms with Crippen LogP contribution in [0.3, 0.4) is 0 Å². The van der Waals surface area contributed by atoms with E-state index < -0.39 is 0 Å². The van der Waals surface area contributed by atoms with E-state index in [0.29, 0.717) is 6.61 Å². The average molecular weight is 272 g/mol. The van der Waals surface area contributed by atoms with Crippen molar-refractivity contribution in [3.8, 4) is 5.75 Å². The van der Waals surface area contributed by atoms with Crippen LogP contribution in [0.5, 0.6) is 5.75 Å². The maximum atomic E-state index is 5.70. The minimum Gasteiger partial charge on any atom is -0.492 e. The molecule has 0 aromatic heterocycles. The summed E-state index contributed by atoms with van der Waals surface area (Å²) in [4.78, 5) is 4.62. The molecule has 1 saturated carbocycles. The SMILES string of the molecule is NOCc1cccc(OCC2CC2)c1Br. The molecule has 1 aliphatic carbocycles. The summed E-state index contributed by atoms with van der Waals surface area (Å²) in [6, 6.07) is 5.86. The molecule has 4 heteroatoms. The number of hydrogen-bond donors (Lipinski definition) is 1. The van der Waals surface area contributed by atoms with E-state index >= 15 is 0 Å². The predicted octanol–water partition coefficient (Wildman–Crippen LogP) is 2.63. The van der Waals surface area contributed by atoms with Crippen LogP contribution >= 0.6 is 15.9 Å². The van der Waals surface area contributed by atoms with Crippen molar-refractivity contribution in [3.05, 3.63) is 28.2 Å². The Kier molecular flexibility index (Phi) is 3.61. The molecule has 0 spiro atoms. The third-order valence-electron chi connectivity index (χ3n) is 2.45. The Morgan fingerprint density at radius 2 is 2.20 bits per heavy atom. The normalized spacial score (nSPS) is 15.3. The van der Waals surface area contributed by atoms with E-state index in [4.69, 9.17) is 10.6 Å². The molecule has 2 N–H and O–H groups in total. The van der Waals surface area contributed by atoms with Gasteiger partial charge in [-0.05, 0) is 46.3 Å². The number of benzene rings is 1. The third-order valence-corrected chi connectivity index (χ3v) is 3.35. The number of ether oxygens (including phenoxy) is 1. The van der Waals surface area contributed by atoms with E-state index in [0.717, 1.165) is 28.3 Å². The Bertz CT molecular complexity index is 339. The Morgan fingerprint density at radius 3 is 2.87 bits per heavy atom. The maximum absolute atomic E-state index is 5.70. The van der Waals surface area contributed by atoms with E-state index in [1.807, 2.05) is 18.2 Å². The molecule has 0 amide bonds. The van der Waals surface area contributed by atoms with Crippen LogP contribution in [-0.2, 0) is 11.4 Å². The number of hydrogen-bond acceptors (Lipinski definition) is 3. The minimum absolute atomic E-state index is 0.390. The summed E-state index contributed by atoms with van der Waals surface area (Å²) in [5.74, 6) is 6.68. The van der Waals surface area contributed by atoms with Gasteiger partial charge in [-0.25, -0.2) is 5.90 Å². The molecule has 1 aromatic rings. The summed E-state index contributed by atoms with van der Waals surface area (Å²) >= 11 is 3.49. The molecule has 0 unspecified atom stereocenters. The molecule has 2 rings (SSSR count). The van der Waals surface area contributed by atoms with Crippen LogP contribution in [0.15, 0.2) is 22.7 Å². The molecule has 0 heterocycles. The highest BCUT2D eigenvalue weighted by molar-refractivity contribution is 9.10. The van der Waals surface area contributed by atoms with Crippen LogP contribution in [0.2, 0.25) is 0 Å². The van der Waals surface area contributed by atoms with Crippen LogP contribution in [-0.4, -0.2) is 6.61 Å². The number of halogens is 1. The largest absolute Gasteiger partial charge is 0.492 e. The first-order valence-electron chi connectivity index (χ1n) is 5.03. The lowest BCUT2D eigenvalue weighted by Gasteiger charge is -2.10. The zero-order valence-electron chi connectivity index (χ0n) is 8.41. The van der Waals surface area contributed by atoms with Gasteiger partial charge in [-0.3, -0.25) is 4.84 Å². The van der Waals surface area contributed by atoms with Gasteiger partial charge in [0.1, 0.15) is 5.75 Å². The summed E-state index contributed by atoms with van der Waals surface area (Å²) in [6.45, 7) is 1.20. The number of nitrogens with two attached hydrogens (primary N) is 1. The maximum Gasteiger partial charge on any atom is 0.133 e. The zero-order chi connectivity index (χ0) is 10.7. The van der Waals surface area contributed by atoms with Crippen LogP contribution < -0.4 is 10.6 Å². The lowest BCUT2D eigenvalue weighted by Crippen LogP contribution is -2.03. The summed E-state index contributed by atoms with van der Waals surface area (Å²) in [5, 5.41) is 0. The van der Waals surface area contributed by atoms with Crippen molar-refractivity contribution < 1.29 is 9.57 Å². The molecule has 0 radical (unpaired) electrons. The Morgan fingerprint density at radius 1 is 1.40 bits per heavy atom. The molecule has 1 aliphatic rings. The highest BCUT2D eigenvalue weighted by Gasteiger charge is 2.22. The predicted molar refractivity (Wildman–Crippen MR) is 61.3 cm³/mol. The first-order chi connectivity index (χ1) is 7.31. The second kappa shape index (κ2) is 4.96. The van der Waals surface area contributed by atoms with Crippen molar-refractivity contribution in [2.24, 2.45) is 11.8 Å². The fourth-order valence-corrected chi connectivity index (χ4v) is 1.85. The minimum atomic E-state index is 0.390. The van der Waals surface area contributed by atoms with Crippen molar-refractivity contribution in [2.45, 2.75) is 19.4 Å². The second-order valence-electron chi connectivity index (χ2n) is 3.79. The van der Waals surface area contributed by atoms with Gasteiger partial charge in [0.2, 0.25) is 0 Å². The summed E-state index contributed by atoms with van der Waals surface area (Å²) in [6.07, 6.45) is 2.59. The molecule has 0 saturated heterocycles. The van der Waals surface area contributed by atoms with Gasteiger partial charge in [-0.1, -0.05) is 12.1 Å². The van der Waals surface area contributed by atoms with Gasteiger partial charge < -0.3 is 4.74 Å². The lowest BCUT2D eigenvalue weighted by molar-refractivity contribution is 0.123. The van der Waals surface area contributed by atoms with Gasteiger partial charge >= 0.3 is 0 Å². The Balaban J connectivity index is 2.04. The third kappa shape index (κ3) is 2.93. The molecule has 3 nitrogen and oxygen atoms in total. The van der Waals surface area contributed by atoms with Crippen molar-refractivity contribution in [2.75, 3.05) is 6.61 Å². The van der Waals surface area contributed by atoms with E-state index in [1.165, 1.54) is 12.8 Å². The topological polar surface area (TPSA) is 44.5 Å². The van der Waals surface area contributed by atoms with Crippen molar-refractivity contribution >= 4 is 15.9 Å². The second-order valence-corrected chi connectivity index (χ2v) is 4.59. The molecule has 0 atom stereocenters. The monoisotopic (exact) mass is 271 g/mol. The molecule has 1 fully saturated rings. The van der Waals surface area contributed by atoms with E-state index in [2.05, 4.69) is 20.8 Å². The molecule has 0 aliphatic heterocycles. The van der Waals surface area contributed by atoms with Gasteiger partial charge in [0, 0.05) is 0 Å². The van der Waals surface area contributed by atoms with Gasteiger partial charge in [0.25, 0.3) is 0 Å². The van der Waals surface area contributed by atoms with E-state index in [1.54, 1.807) is 0 Å². The lowest BCUT2D eigenvalue weighted by atomic mass is 10.2. The van der Waals surface area contributed by atoms with Gasteiger partial charge in [0.15, 0.2) is 0 Å². The van der Waals surface area contributed by atoms with Crippen LogP contribution in [0.25, 0.3) is 0 Å². The Hall–Kier alpha value is -0.580. The zero-order valence-corrected chi connectivity index (χ0v) is 10.00. The van der Waals surface area contributed by atoms with Crippen molar-refractivity contribution in [1.29, 1.82) is 0 Å². The van der Waals surface area contributed by atoms with Crippen LogP contribution in [0, 0.1) is 5.92 Å². The van der Waals surface area contributed by atoms with Crippen molar-refractivity contribution in [1.82, 2.24) is 0 Å². The molecule has 15 heavy (non-hydrogen) atoms. The molecule has 0 bridgehead atoms. The first-order valence-corrected chi connectivity index (χ1v) is 5.82. The number of rotatable bonds is 5. The van der Waals surface area contributed by atoms with Gasteiger partial charge in [-0.2, -0.15) is 0 Å². The van der Waals surface area contributed by atoms with Gasteiger partial charge in [-0.15, -0.1) is 0 Å². The molecule has 1 aromatic carbocycles. The van der Waals surface area contributed by atoms with E-state index in [-0.39, 0.29) is 0 Å². The van der Waals surface area contributed by atoms with Crippen LogP contribution in [0.4, 0.5) is 0 Å². The summed E-state index contributed by atoms with van der Waals surface area (Å²) in [7, 11) is 0. The van der Waals surface area contributed by atoms with Crippen molar-refractivity contribution in [3.63, 3.8) is 0 Å². The van der Waals surface area contributed by atoms with E-state index in [9.17, 15) is 0 Å². The quantitative estimate of drug-likeness (QED) is 0.838. The summed E-state index contributed by atoms with van der Waals surface area (Å²) in [5.41, 5.74) is 1.01. The molecule has 82 valence electrons. The molecular formula is C11H14BrNO2. The fourth-order valence-electron chi connectivity index (χ4n) is 1.36. The highest BCUT2D eigenvalue weighted by Crippen LogP contribution is 2.33. The fraction of sp³-hybridized carbons (Fsp3) is 0.455. The highest BCUT2D eigenvalue weighted by atomic mass is 79.9. The first kappa shape index (κ1) is 10.9. The van der Waals surface area contributed by atoms with Gasteiger partial charge in [0.05, 0.1) is 17.7 Å². The van der Waals surface area contributed by atoms with Crippen LogP contribution in [0.1, 0.15) is 18.4 Å².